The Bertz CT molecular complexity index is 587. The highest BCUT2D eigenvalue weighted by molar-refractivity contribution is 5.82. The maximum atomic E-state index is 12.7. The van der Waals surface area contributed by atoms with Gasteiger partial charge in [-0.05, 0) is 55.2 Å². The van der Waals surface area contributed by atoms with Gasteiger partial charge in [0.25, 0.3) is 0 Å². The second-order valence-corrected chi connectivity index (χ2v) is 7.23. The standard InChI is InChI=1S/C19H26N2O2/c1-23-18-8-4-6-13-14(18)9-10-16(13)21-19(22)17-11-12-5-2-3-7-15(12)20-17/h4,6,8,12,15-17,20H,2-3,5,7,9-11H2,1H3,(H,21,22). The first kappa shape index (κ1) is 15.0. The minimum absolute atomic E-state index is 0.00208. The van der Waals surface area contributed by atoms with E-state index in [1.54, 1.807) is 7.11 Å². The summed E-state index contributed by atoms with van der Waals surface area (Å²) in [7, 11) is 1.71. The van der Waals surface area contributed by atoms with Crippen molar-refractivity contribution in [1.82, 2.24) is 10.6 Å². The van der Waals surface area contributed by atoms with Crippen molar-refractivity contribution in [3.8, 4) is 5.75 Å². The summed E-state index contributed by atoms with van der Waals surface area (Å²) in [5, 5.41) is 6.86. The fraction of sp³-hybridized carbons (Fsp3) is 0.632. The Kier molecular flexibility index (Phi) is 4.02. The van der Waals surface area contributed by atoms with Crippen molar-refractivity contribution in [2.45, 2.75) is 63.1 Å². The lowest BCUT2D eigenvalue weighted by Gasteiger charge is -2.24. The van der Waals surface area contributed by atoms with Gasteiger partial charge in [0, 0.05) is 6.04 Å². The molecule has 1 aliphatic heterocycles. The van der Waals surface area contributed by atoms with Crippen LogP contribution in [0, 0.1) is 5.92 Å². The molecule has 4 nitrogen and oxygen atoms in total. The van der Waals surface area contributed by atoms with Gasteiger partial charge in [0.15, 0.2) is 0 Å². The highest BCUT2D eigenvalue weighted by Crippen LogP contribution is 2.37. The molecule has 2 fully saturated rings. The Morgan fingerprint density at radius 1 is 1.26 bits per heavy atom. The van der Waals surface area contributed by atoms with E-state index in [0.717, 1.165) is 25.0 Å². The van der Waals surface area contributed by atoms with E-state index in [1.165, 1.54) is 36.8 Å². The molecule has 0 radical (unpaired) electrons. The van der Waals surface area contributed by atoms with Gasteiger partial charge in [-0.3, -0.25) is 4.79 Å². The predicted octanol–water partition coefficient (Wildman–Crippen LogP) is 2.72. The first-order valence-electron chi connectivity index (χ1n) is 8.98. The third-order valence-corrected chi connectivity index (χ3v) is 5.94. The normalized spacial score (nSPS) is 32.2. The van der Waals surface area contributed by atoms with E-state index in [0.29, 0.717) is 12.0 Å². The van der Waals surface area contributed by atoms with Crippen LogP contribution < -0.4 is 15.4 Å². The van der Waals surface area contributed by atoms with Crippen molar-refractivity contribution in [3.63, 3.8) is 0 Å². The molecule has 2 aliphatic carbocycles. The van der Waals surface area contributed by atoms with E-state index in [1.807, 2.05) is 12.1 Å². The number of nitrogens with one attached hydrogen (secondary N) is 2. The van der Waals surface area contributed by atoms with Crippen molar-refractivity contribution < 1.29 is 9.53 Å². The number of benzene rings is 1. The molecule has 4 unspecified atom stereocenters. The second-order valence-electron chi connectivity index (χ2n) is 7.23. The van der Waals surface area contributed by atoms with Crippen LogP contribution in [0.4, 0.5) is 0 Å². The Hall–Kier alpha value is -1.55. The smallest absolute Gasteiger partial charge is 0.237 e. The first-order chi connectivity index (χ1) is 11.3. The van der Waals surface area contributed by atoms with Crippen LogP contribution in [0.5, 0.6) is 5.75 Å². The van der Waals surface area contributed by atoms with E-state index in [2.05, 4.69) is 16.7 Å². The molecule has 1 heterocycles. The summed E-state index contributed by atoms with van der Waals surface area (Å²) in [6.07, 6.45) is 8.11. The molecule has 4 atom stereocenters. The molecule has 0 aromatic heterocycles. The van der Waals surface area contributed by atoms with Gasteiger partial charge in [0.2, 0.25) is 5.91 Å². The van der Waals surface area contributed by atoms with Gasteiger partial charge in [-0.1, -0.05) is 25.0 Å². The summed E-state index contributed by atoms with van der Waals surface area (Å²) in [6.45, 7) is 0. The van der Waals surface area contributed by atoms with E-state index < -0.39 is 0 Å². The molecular formula is C19H26N2O2. The SMILES string of the molecule is COc1cccc2c1CCC2NC(=O)C1CC2CCCCC2N1. The van der Waals surface area contributed by atoms with Gasteiger partial charge in [-0.25, -0.2) is 0 Å². The highest BCUT2D eigenvalue weighted by atomic mass is 16.5. The maximum absolute atomic E-state index is 12.7. The number of amides is 1. The number of rotatable bonds is 3. The van der Waals surface area contributed by atoms with E-state index >= 15 is 0 Å². The monoisotopic (exact) mass is 314 g/mol. The summed E-state index contributed by atoms with van der Waals surface area (Å²) in [4.78, 5) is 12.7. The summed E-state index contributed by atoms with van der Waals surface area (Å²) in [6, 6.07) is 6.85. The Morgan fingerprint density at radius 2 is 2.13 bits per heavy atom. The fourth-order valence-electron chi connectivity index (χ4n) is 4.76. The summed E-state index contributed by atoms with van der Waals surface area (Å²) < 4.78 is 5.45. The van der Waals surface area contributed by atoms with Gasteiger partial charge < -0.3 is 15.4 Å². The zero-order valence-corrected chi connectivity index (χ0v) is 13.8. The highest BCUT2D eigenvalue weighted by Gasteiger charge is 2.39. The van der Waals surface area contributed by atoms with Gasteiger partial charge >= 0.3 is 0 Å². The molecule has 1 aromatic rings. The Balaban J connectivity index is 1.43. The quantitative estimate of drug-likeness (QED) is 0.902. The van der Waals surface area contributed by atoms with Crippen molar-refractivity contribution >= 4 is 5.91 Å². The lowest BCUT2D eigenvalue weighted by Crippen LogP contribution is -2.44. The number of hydrogen-bond donors (Lipinski definition) is 2. The van der Waals surface area contributed by atoms with Crippen LogP contribution in [0.15, 0.2) is 18.2 Å². The minimum Gasteiger partial charge on any atom is -0.496 e. The molecular weight excluding hydrogens is 288 g/mol. The van der Waals surface area contributed by atoms with Crippen LogP contribution in [0.3, 0.4) is 0 Å². The predicted molar refractivity (Wildman–Crippen MR) is 89.5 cm³/mol. The summed E-state index contributed by atoms with van der Waals surface area (Å²) in [5.41, 5.74) is 2.49. The van der Waals surface area contributed by atoms with Gasteiger partial charge in [0.1, 0.15) is 5.75 Å². The lowest BCUT2D eigenvalue weighted by atomic mass is 9.85. The van der Waals surface area contributed by atoms with E-state index in [-0.39, 0.29) is 18.0 Å². The minimum atomic E-state index is -0.00208. The van der Waals surface area contributed by atoms with Crippen molar-refractivity contribution in [3.05, 3.63) is 29.3 Å². The average molecular weight is 314 g/mol. The van der Waals surface area contributed by atoms with Crippen LogP contribution in [0.25, 0.3) is 0 Å². The molecule has 2 N–H and O–H groups in total. The molecule has 0 spiro atoms. The third kappa shape index (κ3) is 2.74. The maximum Gasteiger partial charge on any atom is 0.237 e. The van der Waals surface area contributed by atoms with Crippen molar-refractivity contribution in [1.29, 1.82) is 0 Å². The van der Waals surface area contributed by atoms with Crippen LogP contribution in [0.2, 0.25) is 0 Å². The second kappa shape index (κ2) is 6.16. The van der Waals surface area contributed by atoms with Crippen molar-refractivity contribution in [2.75, 3.05) is 7.11 Å². The summed E-state index contributed by atoms with van der Waals surface area (Å²) >= 11 is 0. The van der Waals surface area contributed by atoms with Crippen LogP contribution >= 0.6 is 0 Å². The molecule has 1 saturated heterocycles. The molecule has 1 amide bonds. The molecule has 3 aliphatic rings. The number of carbonyl (C=O) groups is 1. The van der Waals surface area contributed by atoms with Gasteiger partial charge in [0.05, 0.1) is 19.2 Å². The molecule has 1 saturated carbocycles. The van der Waals surface area contributed by atoms with E-state index in [4.69, 9.17) is 4.74 Å². The first-order valence-corrected chi connectivity index (χ1v) is 8.98. The number of methoxy groups -OCH3 is 1. The zero-order valence-electron chi connectivity index (χ0n) is 13.8. The van der Waals surface area contributed by atoms with Crippen LogP contribution in [-0.2, 0) is 11.2 Å². The number of carbonyl (C=O) groups excluding carboxylic acids is 1. The van der Waals surface area contributed by atoms with Gasteiger partial charge in [-0.15, -0.1) is 0 Å². The number of hydrogen-bond acceptors (Lipinski definition) is 3. The Morgan fingerprint density at radius 3 is 2.96 bits per heavy atom. The third-order valence-electron chi connectivity index (χ3n) is 5.94. The molecule has 4 heteroatoms. The number of fused-ring (bicyclic) bond motifs is 2. The Labute approximate surface area is 138 Å². The van der Waals surface area contributed by atoms with Crippen molar-refractivity contribution in [2.24, 2.45) is 5.92 Å². The molecule has 0 bridgehead atoms. The zero-order chi connectivity index (χ0) is 15.8. The number of ether oxygens (including phenoxy) is 1. The molecule has 1 aromatic carbocycles. The van der Waals surface area contributed by atoms with Crippen LogP contribution in [-0.4, -0.2) is 25.1 Å². The lowest BCUT2D eigenvalue weighted by molar-refractivity contribution is -0.123. The largest absolute Gasteiger partial charge is 0.496 e. The van der Waals surface area contributed by atoms with Gasteiger partial charge in [-0.2, -0.15) is 0 Å². The molecule has 124 valence electrons. The topological polar surface area (TPSA) is 50.4 Å². The summed E-state index contributed by atoms with van der Waals surface area (Å²) in [5.74, 6) is 1.83. The molecule has 4 rings (SSSR count). The van der Waals surface area contributed by atoms with Crippen LogP contribution in [0.1, 0.15) is 55.7 Å². The fourth-order valence-corrected chi connectivity index (χ4v) is 4.76. The average Bonchev–Trinajstić information content (AvgIpc) is 3.19. The van der Waals surface area contributed by atoms with E-state index in [9.17, 15) is 4.79 Å². The molecule has 23 heavy (non-hydrogen) atoms.